The van der Waals surface area contributed by atoms with Crippen LogP contribution in [0.1, 0.15) is 32.1 Å². The molecule has 2 N–H and O–H groups in total. The Hall–Kier alpha value is -0.0800. The first-order chi connectivity index (χ1) is 4.84. The Labute approximate surface area is 62.7 Å². The average molecular weight is 143 g/mol. The third kappa shape index (κ3) is 1.96. The number of methoxy groups -OCH3 is 1. The minimum absolute atomic E-state index is 0.285. The van der Waals surface area contributed by atoms with Gasteiger partial charge in [0.25, 0.3) is 0 Å². The van der Waals surface area contributed by atoms with Crippen molar-refractivity contribution in [2.75, 3.05) is 7.11 Å². The fraction of sp³-hybridized carbons (Fsp3) is 1.00. The van der Waals surface area contributed by atoms with Crippen LogP contribution in [-0.2, 0) is 4.74 Å². The molecule has 1 rings (SSSR count). The summed E-state index contributed by atoms with van der Waals surface area (Å²) in [6.45, 7) is 0. The summed E-state index contributed by atoms with van der Waals surface area (Å²) in [5, 5.41) is 0. The van der Waals surface area contributed by atoms with Gasteiger partial charge >= 0.3 is 0 Å². The van der Waals surface area contributed by atoms with Crippen molar-refractivity contribution in [1.82, 2.24) is 0 Å². The van der Waals surface area contributed by atoms with Crippen LogP contribution in [-0.4, -0.2) is 19.3 Å². The van der Waals surface area contributed by atoms with Crippen LogP contribution in [0.2, 0.25) is 0 Å². The van der Waals surface area contributed by atoms with Gasteiger partial charge in [0, 0.05) is 13.2 Å². The minimum atomic E-state index is 0.285. The lowest BCUT2D eigenvalue weighted by molar-refractivity contribution is 0.0751. The largest absolute Gasteiger partial charge is 0.380 e. The zero-order valence-corrected chi connectivity index (χ0v) is 6.68. The van der Waals surface area contributed by atoms with Crippen molar-refractivity contribution in [3.8, 4) is 0 Å². The molecule has 2 atom stereocenters. The Morgan fingerprint density at radius 2 is 1.90 bits per heavy atom. The third-order valence-corrected chi connectivity index (χ3v) is 2.31. The van der Waals surface area contributed by atoms with Crippen LogP contribution in [0, 0.1) is 0 Å². The van der Waals surface area contributed by atoms with Crippen molar-refractivity contribution in [2.45, 2.75) is 44.2 Å². The van der Waals surface area contributed by atoms with Crippen LogP contribution in [0.4, 0.5) is 0 Å². The second-order valence-electron chi connectivity index (χ2n) is 3.08. The van der Waals surface area contributed by atoms with Gasteiger partial charge in [-0.15, -0.1) is 0 Å². The lowest BCUT2D eigenvalue weighted by atomic mass is 10.1. The Morgan fingerprint density at radius 1 is 1.20 bits per heavy atom. The van der Waals surface area contributed by atoms with E-state index in [2.05, 4.69) is 0 Å². The highest BCUT2D eigenvalue weighted by Crippen LogP contribution is 2.18. The van der Waals surface area contributed by atoms with E-state index in [-0.39, 0.29) is 6.04 Å². The predicted molar refractivity (Wildman–Crippen MR) is 41.9 cm³/mol. The van der Waals surface area contributed by atoms with Gasteiger partial charge < -0.3 is 10.5 Å². The van der Waals surface area contributed by atoms with Gasteiger partial charge in [-0.25, -0.2) is 0 Å². The van der Waals surface area contributed by atoms with Crippen molar-refractivity contribution in [3.05, 3.63) is 0 Å². The highest BCUT2D eigenvalue weighted by molar-refractivity contribution is 4.76. The molecule has 0 spiro atoms. The molecule has 0 heterocycles. The molecule has 10 heavy (non-hydrogen) atoms. The van der Waals surface area contributed by atoms with Crippen LogP contribution in [0.5, 0.6) is 0 Å². The van der Waals surface area contributed by atoms with Gasteiger partial charge in [0.05, 0.1) is 6.10 Å². The van der Waals surface area contributed by atoms with E-state index in [9.17, 15) is 0 Å². The van der Waals surface area contributed by atoms with Crippen molar-refractivity contribution in [1.29, 1.82) is 0 Å². The van der Waals surface area contributed by atoms with Crippen LogP contribution >= 0.6 is 0 Å². The van der Waals surface area contributed by atoms with E-state index < -0.39 is 0 Å². The monoisotopic (exact) mass is 143 g/mol. The fourth-order valence-corrected chi connectivity index (χ4v) is 1.59. The zero-order chi connectivity index (χ0) is 7.40. The van der Waals surface area contributed by atoms with Gasteiger partial charge in [0.15, 0.2) is 0 Å². The third-order valence-electron chi connectivity index (χ3n) is 2.31. The summed E-state index contributed by atoms with van der Waals surface area (Å²) < 4.78 is 5.26. The van der Waals surface area contributed by atoms with Crippen LogP contribution in [0.25, 0.3) is 0 Å². The van der Waals surface area contributed by atoms with Gasteiger partial charge in [-0.1, -0.05) is 19.3 Å². The maximum atomic E-state index is 5.86. The summed E-state index contributed by atoms with van der Waals surface area (Å²) in [7, 11) is 1.76. The molecular formula is C8H17NO. The molecule has 60 valence electrons. The average Bonchev–Trinajstić information content (AvgIpc) is 2.13. The number of ether oxygens (including phenoxy) is 1. The summed E-state index contributed by atoms with van der Waals surface area (Å²) in [5.74, 6) is 0. The summed E-state index contributed by atoms with van der Waals surface area (Å²) in [6, 6.07) is 0.285. The molecule has 2 nitrogen and oxygen atoms in total. The van der Waals surface area contributed by atoms with E-state index in [0.717, 1.165) is 12.8 Å². The zero-order valence-electron chi connectivity index (χ0n) is 6.68. The van der Waals surface area contributed by atoms with Crippen molar-refractivity contribution in [2.24, 2.45) is 5.73 Å². The van der Waals surface area contributed by atoms with E-state index in [0.29, 0.717) is 6.10 Å². The molecule has 0 aliphatic heterocycles. The Kier molecular flexibility index (Phi) is 3.16. The molecule has 0 radical (unpaired) electrons. The van der Waals surface area contributed by atoms with E-state index in [4.69, 9.17) is 10.5 Å². The molecule has 0 unspecified atom stereocenters. The molecule has 0 bridgehead atoms. The van der Waals surface area contributed by atoms with Crippen LogP contribution in [0.15, 0.2) is 0 Å². The molecule has 0 aromatic carbocycles. The Balaban J connectivity index is 2.35. The first-order valence-corrected chi connectivity index (χ1v) is 4.13. The number of hydrogen-bond acceptors (Lipinski definition) is 2. The predicted octanol–water partition coefficient (Wildman–Crippen LogP) is 1.29. The number of rotatable bonds is 1. The van der Waals surface area contributed by atoms with Gasteiger partial charge in [0.2, 0.25) is 0 Å². The molecule has 2 heteroatoms. The van der Waals surface area contributed by atoms with E-state index in [1.165, 1.54) is 19.3 Å². The van der Waals surface area contributed by atoms with E-state index in [1.807, 2.05) is 0 Å². The quantitative estimate of drug-likeness (QED) is 0.561. The van der Waals surface area contributed by atoms with Crippen molar-refractivity contribution < 1.29 is 4.74 Å². The molecule has 0 saturated heterocycles. The maximum Gasteiger partial charge on any atom is 0.0722 e. The standard InChI is InChI=1S/C8H17NO/c1-10-8-6-4-2-3-5-7(8)9/h7-8H,2-6,9H2,1H3/t7-,8-/m0/s1. The first-order valence-electron chi connectivity index (χ1n) is 4.13. The highest BCUT2D eigenvalue weighted by atomic mass is 16.5. The molecule has 1 aliphatic rings. The summed E-state index contributed by atoms with van der Waals surface area (Å²) in [5.41, 5.74) is 5.86. The molecule has 0 aromatic rings. The van der Waals surface area contributed by atoms with Crippen LogP contribution < -0.4 is 5.73 Å². The highest BCUT2D eigenvalue weighted by Gasteiger charge is 2.18. The SMILES string of the molecule is CO[C@H]1CCCCC[C@@H]1N. The second-order valence-corrected chi connectivity index (χ2v) is 3.08. The van der Waals surface area contributed by atoms with Crippen LogP contribution in [0.3, 0.4) is 0 Å². The first kappa shape index (κ1) is 8.02. The molecule has 1 fully saturated rings. The molecule has 1 aliphatic carbocycles. The maximum absolute atomic E-state index is 5.86. The van der Waals surface area contributed by atoms with Gasteiger partial charge in [0.1, 0.15) is 0 Å². The van der Waals surface area contributed by atoms with Crippen molar-refractivity contribution in [3.63, 3.8) is 0 Å². The molecule has 0 aromatic heterocycles. The lowest BCUT2D eigenvalue weighted by Gasteiger charge is -2.18. The number of hydrogen-bond donors (Lipinski definition) is 1. The van der Waals surface area contributed by atoms with E-state index >= 15 is 0 Å². The van der Waals surface area contributed by atoms with E-state index in [1.54, 1.807) is 7.11 Å². The summed E-state index contributed by atoms with van der Waals surface area (Å²) in [6.07, 6.45) is 6.50. The van der Waals surface area contributed by atoms with Gasteiger partial charge in [-0.05, 0) is 12.8 Å². The molecule has 1 saturated carbocycles. The fourth-order valence-electron chi connectivity index (χ4n) is 1.59. The normalized spacial score (nSPS) is 35.4. The molecule has 0 amide bonds. The second kappa shape index (κ2) is 3.94. The smallest absolute Gasteiger partial charge is 0.0722 e. The lowest BCUT2D eigenvalue weighted by Crippen LogP contribution is -2.34. The number of nitrogens with two attached hydrogens (primary N) is 1. The Bertz CT molecular complexity index is 95.3. The van der Waals surface area contributed by atoms with Gasteiger partial charge in [-0.2, -0.15) is 0 Å². The molecular weight excluding hydrogens is 126 g/mol. The summed E-state index contributed by atoms with van der Waals surface area (Å²) >= 11 is 0. The Morgan fingerprint density at radius 3 is 2.60 bits per heavy atom. The van der Waals surface area contributed by atoms with Gasteiger partial charge in [-0.3, -0.25) is 0 Å². The minimum Gasteiger partial charge on any atom is -0.380 e. The van der Waals surface area contributed by atoms with Crippen molar-refractivity contribution >= 4 is 0 Å². The summed E-state index contributed by atoms with van der Waals surface area (Å²) in [4.78, 5) is 0. The topological polar surface area (TPSA) is 35.2 Å².